The van der Waals surface area contributed by atoms with Crippen LogP contribution in [0.5, 0.6) is 5.75 Å². The van der Waals surface area contributed by atoms with Gasteiger partial charge in [0.05, 0.1) is 24.1 Å². The first-order valence-corrected chi connectivity index (χ1v) is 9.80. The van der Waals surface area contributed by atoms with Crippen LogP contribution >= 0.6 is 0 Å². The smallest absolute Gasteiger partial charge is 0.304 e. The van der Waals surface area contributed by atoms with Crippen LogP contribution in [0, 0.1) is 17.8 Å². The van der Waals surface area contributed by atoms with E-state index in [9.17, 15) is 4.79 Å². The standard InChI is InChI=1S/C24H26N2O3/c1-4-5-18(14-24(27)28)17-6-9-21(10-7-17)29-23(12-16(2)3)19-8-11-22-20(13-19)15-25-26-22/h6-11,13,15-16,18,23H,12,14H2,1-3H3,(H,25,26)(H,27,28)/t18?,23-/m0/s1. The second-order valence-electron chi connectivity index (χ2n) is 7.57. The molecule has 29 heavy (non-hydrogen) atoms. The molecule has 5 heteroatoms. The van der Waals surface area contributed by atoms with Crippen LogP contribution < -0.4 is 4.74 Å². The minimum atomic E-state index is -0.857. The highest BCUT2D eigenvalue weighted by atomic mass is 16.5. The number of benzene rings is 2. The van der Waals surface area contributed by atoms with Gasteiger partial charge in [0.1, 0.15) is 11.9 Å². The molecule has 0 radical (unpaired) electrons. The molecule has 1 aromatic heterocycles. The first-order chi connectivity index (χ1) is 14.0. The van der Waals surface area contributed by atoms with Crippen LogP contribution in [0.15, 0.2) is 48.7 Å². The lowest BCUT2D eigenvalue weighted by molar-refractivity contribution is -0.137. The second kappa shape index (κ2) is 9.29. The molecule has 3 aromatic rings. The summed E-state index contributed by atoms with van der Waals surface area (Å²) in [5.41, 5.74) is 2.99. The topological polar surface area (TPSA) is 75.2 Å². The molecule has 1 unspecified atom stereocenters. The summed E-state index contributed by atoms with van der Waals surface area (Å²) in [6.45, 7) is 6.07. The highest BCUT2D eigenvalue weighted by molar-refractivity contribution is 5.78. The summed E-state index contributed by atoms with van der Waals surface area (Å²) in [5, 5.41) is 17.2. The number of fused-ring (bicyclic) bond motifs is 1. The number of carboxylic acids is 1. The van der Waals surface area contributed by atoms with Gasteiger partial charge in [0.2, 0.25) is 0 Å². The van der Waals surface area contributed by atoms with Crippen molar-refractivity contribution >= 4 is 16.9 Å². The van der Waals surface area contributed by atoms with E-state index < -0.39 is 5.97 Å². The van der Waals surface area contributed by atoms with Crippen molar-refractivity contribution in [3.63, 3.8) is 0 Å². The lowest BCUT2D eigenvalue weighted by Crippen LogP contribution is -2.11. The van der Waals surface area contributed by atoms with Crippen molar-refractivity contribution in [1.82, 2.24) is 10.2 Å². The Labute approximate surface area is 171 Å². The maximum absolute atomic E-state index is 11.1. The average Bonchev–Trinajstić information content (AvgIpc) is 3.15. The number of hydrogen-bond donors (Lipinski definition) is 2. The van der Waals surface area contributed by atoms with Gasteiger partial charge in [0.25, 0.3) is 0 Å². The van der Waals surface area contributed by atoms with Gasteiger partial charge >= 0.3 is 5.97 Å². The number of aromatic nitrogens is 2. The molecule has 1 heterocycles. The van der Waals surface area contributed by atoms with Crippen LogP contribution in [0.1, 0.15) is 56.8 Å². The number of nitrogens with zero attached hydrogens (tertiary/aromatic N) is 1. The molecule has 3 rings (SSSR count). The first kappa shape index (κ1) is 20.5. The van der Waals surface area contributed by atoms with Crippen molar-refractivity contribution in [3.05, 3.63) is 59.8 Å². The van der Waals surface area contributed by atoms with Crippen molar-refractivity contribution in [3.8, 4) is 17.6 Å². The van der Waals surface area contributed by atoms with Gasteiger partial charge in [-0.2, -0.15) is 5.10 Å². The molecular weight excluding hydrogens is 364 g/mol. The van der Waals surface area contributed by atoms with Crippen LogP contribution in [0.3, 0.4) is 0 Å². The second-order valence-corrected chi connectivity index (χ2v) is 7.57. The number of aromatic amines is 1. The number of carbonyl (C=O) groups is 1. The quantitative estimate of drug-likeness (QED) is 0.511. The number of ether oxygens (including phenoxy) is 1. The molecular formula is C24H26N2O3. The van der Waals surface area contributed by atoms with Crippen molar-refractivity contribution < 1.29 is 14.6 Å². The molecule has 0 aliphatic heterocycles. The highest BCUT2D eigenvalue weighted by Crippen LogP contribution is 2.30. The van der Waals surface area contributed by atoms with E-state index in [4.69, 9.17) is 9.84 Å². The number of carboxylic acid groups (broad SMARTS) is 1. The van der Waals surface area contributed by atoms with Gasteiger partial charge in [0.15, 0.2) is 0 Å². The molecule has 0 saturated carbocycles. The van der Waals surface area contributed by atoms with E-state index in [0.717, 1.165) is 34.2 Å². The summed E-state index contributed by atoms with van der Waals surface area (Å²) in [6, 6.07) is 13.8. The van der Waals surface area contributed by atoms with E-state index in [-0.39, 0.29) is 18.4 Å². The third-order valence-corrected chi connectivity index (χ3v) is 4.78. The Bertz CT molecular complexity index is 1030. The van der Waals surface area contributed by atoms with Crippen LogP contribution in [-0.4, -0.2) is 21.3 Å². The molecule has 0 spiro atoms. The summed E-state index contributed by atoms with van der Waals surface area (Å²) in [7, 11) is 0. The zero-order chi connectivity index (χ0) is 20.8. The monoisotopic (exact) mass is 390 g/mol. The van der Waals surface area contributed by atoms with Gasteiger partial charge in [-0.1, -0.05) is 38.0 Å². The Morgan fingerprint density at radius 2 is 1.90 bits per heavy atom. The summed E-state index contributed by atoms with van der Waals surface area (Å²) < 4.78 is 6.33. The van der Waals surface area contributed by atoms with E-state index in [1.54, 1.807) is 6.92 Å². The number of nitrogens with one attached hydrogen (secondary N) is 1. The van der Waals surface area contributed by atoms with E-state index in [0.29, 0.717) is 5.92 Å². The molecule has 5 nitrogen and oxygen atoms in total. The molecule has 0 aliphatic carbocycles. The van der Waals surface area contributed by atoms with E-state index in [1.807, 2.05) is 36.5 Å². The third-order valence-electron chi connectivity index (χ3n) is 4.78. The number of H-pyrrole nitrogens is 1. The fourth-order valence-corrected chi connectivity index (χ4v) is 3.39. The van der Waals surface area contributed by atoms with Crippen molar-refractivity contribution in [2.45, 2.75) is 45.6 Å². The molecule has 0 amide bonds. The van der Waals surface area contributed by atoms with Crippen molar-refractivity contribution in [1.29, 1.82) is 0 Å². The first-order valence-electron chi connectivity index (χ1n) is 9.80. The predicted octanol–water partition coefficient (Wildman–Crippen LogP) is 5.31. The molecule has 0 saturated heterocycles. The fraction of sp³-hybridized carbons (Fsp3) is 0.333. The van der Waals surface area contributed by atoms with Gasteiger partial charge < -0.3 is 9.84 Å². The summed E-state index contributed by atoms with van der Waals surface area (Å²) >= 11 is 0. The number of aliphatic carboxylic acids is 1. The number of hydrogen-bond acceptors (Lipinski definition) is 3. The van der Waals surface area contributed by atoms with E-state index in [1.165, 1.54) is 0 Å². The van der Waals surface area contributed by atoms with E-state index >= 15 is 0 Å². The lowest BCUT2D eigenvalue weighted by Gasteiger charge is -2.22. The van der Waals surface area contributed by atoms with Gasteiger partial charge in [-0.15, -0.1) is 5.92 Å². The SMILES string of the molecule is CC#CC(CC(=O)O)c1ccc(O[C@@H](CC(C)C)c2ccc3[nH]ncc3c2)cc1. The maximum Gasteiger partial charge on any atom is 0.304 e. The highest BCUT2D eigenvalue weighted by Gasteiger charge is 2.18. The van der Waals surface area contributed by atoms with Gasteiger partial charge in [0, 0.05) is 5.39 Å². The van der Waals surface area contributed by atoms with Crippen LogP contribution in [0.25, 0.3) is 10.9 Å². The Balaban J connectivity index is 1.81. The molecule has 150 valence electrons. The Morgan fingerprint density at radius 1 is 1.17 bits per heavy atom. The molecule has 2 aromatic carbocycles. The lowest BCUT2D eigenvalue weighted by atomic mass is 9.96. The van der Waals surface area contributed by atoms with E-state index in [2.05, 4.69) is 48.0 Å². The molecule has 0 bridgehead atoms. The fourth-order valence-electron chi connectivity index (χ4n) is 3.39. The van der Waals surface area contributed by atoms with Crippen molar-refractivity contribution in [2.75, 3.05) is 0 Å². The number of rotatable bonds is 8. The normalized spacial score (nSPS) is 13.0. The van der Waals surface area contributed by atoms with Gasteiger partial charge in [-0.3, -0.25) is 9.89 Å². The minimum Gasteiger partial charge on any atom is -0.486 e. The van der Waals surface area contributed by atoms with Crippen LogP contribution in [-0.2, 0) is 4.79 Å². The van der Waals surface area contributed by atoms with Crippen LogP contribution in [0.2, 0.25) is 0 Å². The average molecular weight is 390 g/mol. The Morgan fingerprint density at radius 3 is 2.55 bits per heavy atom. The van der Waals surface area contributed by atoms with Crippen molar-refractivity contribution in [2.24, 2.45) is 5.92 Å². The predicted molar refractivity (Wildman–Crippen MR) is 114 cm³/mol. The maximum atomic E-state index is 11.1. The Hall–Kier alpha value is -3.26. The summed E-state index contributed by atoms with van der Waals surface area (Å²) in [4.78, 5) is 11.1. The molecule has 2 N–H and O–H groups in total. The van der Waals surface area contributed by atoms with Gasteiger partial charge in [-0.25, -0.2) is 0 Å². The summed E-state index contributed by atoms with van der Waals surface area (Å²) in [6.07, 6.45) is 2.61. The third kappa shape index (κ3) is 5.39. The zero-order valence-electron chi connectivity index (χ0n) is 17.0. The minimum absolute atomic E-state index is 0.0122. The summed E-state index contributed by atoms with van der Waals surface area (Å²) in [5.74, 6) is 5.85. The largest absolute Gasteiger partial charge is 0.486 e. The molecule has 0 fully saturated rings. The van der Waals surface area contributed by atoms with Crippen LogP contribution in [0.4, 0.5) is 0 Å². The molecule has 2 atom stereocenters. The van der Waals surface area contributed by atoms with Gasteiger partial charge in [-0.05, 0) is 54.7 Å². The molecule has 0 aliphatic rings. The zero-order valence-corrected chi connectivity index (χ0v) is 17.0. The Kier molecular flexibility index (Phi) is 6.56.